The molecule has 0 aliphatic rings. The van der Waals surface area contributed by atoms with Gasteiger partial charge in [-0.05, 0) is 13.0 Å². The van der Waals surface area contributed by atoms with Crippen LogP contribution in [-0.2, 0) is 6.54 Å². The maximum atomic E-state index is 12.0. The number of urea groups is 1. The summed E-state index contributed by atoms with van der Waals surface area (Å²) < 4.78 is 41.2. The number of carbonyl (C=O) groups excluding carboxylic acids is 1. The lowest BCUT2D eigenvalue weighted by molar-refractivity contribution is -0.136. The van der Waals surface area contributed by atoms with E-state index in [4.69, 9.17) is 9.52 Å². The third-order valence-electron chi connectivity index (χ3n) is 2.69. The van der Waals surface area contributed by atoms with Crippen molar-refractivity contribution in [2.45, 2.75) is 26.1 Å². The molecule has 1 rings (SSSR count). The number of hydrogen-bond donors (Lipinski definition) is 2. The standard InChI is InChI=1S/C12H15F3N2O4/c1-7-9(10(18)19)5-8(21-7)6-16-11(20)17(2)4-3-12(13,14)15/h5H,3-4,6H2,1-2H3,(H,16,20)(H,18,19). The van der Waals surface area contributed by atoms with Crippen LogP contribution in [-0.4, -0.2) is 41.8 Å². The maximum absolute atomic E-state index is 12.0. The smallest absolute Gasteiger partial charge is 0.390 e. The number of nitrogens with zero attached hydrogens (tertiary/aromatic N) is 1. The van der Waals surface area contributed by atoms with Crippen molar-refractivity contribution in [2.24, 2.45) is 0 Å². The van der Waals surface area contributed by atoms with Gasteiger partial charge in [-0.25, -0.2) is 9.59 Å². The first kappa shape index (κ1) is 16.9. The second-order valence-electron chi connectivity index (χ2n) is 4.43. The SMILES string of the molecule is Cc1oc(CNC(=O)N(C)CCC(F)(F)F)cc1C(=O)O. The Hall–Kier alpha value is -2.19. The lowest BCUT2D eigenvalue weighted by Crippen LogP contribution is -2.38. The number of carbonyl (C=O) groups is 2. The normalized spacial score (nSPS) is 11.3. The molecule has 118 valence electrons. The number of amides is 2. The molecule has 0 atom stereocenters. The van der Waals surface area contributed by atoms with Gasteiger partial charge in [0.1, 0.15) is 17.1 Å². The molecule has 0 bridgehead atoms. The van der Waals surface area contributed by atoms with Gasteiger partial charge in [-0.2, -0.15) is 13.2 Å². The number of rotatable bonds is 5. The molecule has 1 heterocycles. The van der Waals surface area contributed by atoms with Gasteiger partial charge in [0, 0.05) is 13.6 Å². The second-order valence-corrected chi connectivity index (χ2v) is 4.43. The number of hydrogen-bond acceptors (Lipinski definition) is 3. The van der Waals surface area contributed by atoms with Gasteiger partial charge in [-0.1, -0.05) is 0 Å². The van der Waals surface area contributed by atoms with Crippen molar-refractivity contribution in [3.63, 3.8) is 0 Å². The molecular weight excluding hydrogens is 293 g/mol. The predicted molar refractivity (Wildman–Crippen MR) is 65.9 cm³/mol. The molecule has 0 saturated heterocycles. The number of alkyl halides is 3. The van der Waals surface area contributed by atoms with Crippen molar-refractivity contribution in [2.75, 3.05) is 13.6 Å². The monoisotopic (exact) mass is 308 g/mol. The fourth-order valence-corrected chi connectivity index (χ4v) is 1.54. The first-order chi connectivity index (χ1) is 9.60. The Morgan fingerprint density at radius 2 is 2.05 bits per heavy atom. The molecule has 2 amide bonds. The number of nitrogens with one attached hydrogen (secondary N) is 1. The largest absolute Gasteiger partial charge is 0.478 e. The molecule has 0 radical (unpaired) electrons. The number of aryl methyl sites for hydroxylation is 1. The maximum Gasteiger partial charge on any atom is 0.390 e. The predicted octanol–water partition coefficient (Wildman–Crippen LogP) is 2.38. The average Bonchev–Trinajstić information content (AvgIpc) is 2.73. The van der Waals surface area contributed by atoms with Crippen molar-refractivity contribution in [3.05, 3.63) is 23.2 Å². The van der Waals surface area contributed by atoms with Crippen LogP contribution in [0.1, 0.15) is 28.3 Å². The molecule has 0 aliphatic carbocycles. The van der Waals surface area contributed by atoms with Gasteiger partial charge >= 0.3 is 18.2 Å². The molecule has 21 heavy (non-hydrogen) atoms. The van der Waals surface area contributed by atoms with E-state index in [1.165, 1.54) is 20.0 Å². The van der Waals surface area contributed by atoms with E-state index in [2.05, 4.69) is 5.32 Å². The van der Waals surface area contributed by atoms with E-state index in [1.54, 1.807) is 0 Å². The van der Waals surface area contributed by atoms with E-state index in [0.717, 1.165) is 4.90 Å². The summed E-state index contributed by atoms with van der Waals surface area (Å²) in [4.78, 5) is 23.2. The fraction of sp³-hybridized carbons (Fsp3) is 0.500. The molecule has 0 saturated carbocycles. The third kappa shape index (κ3) is 5.36. The topological polar surface area (TPSA) is 82.8 Å². The quantitative estimate of drug-likeness (QED) is 0.875. The molecule has 2 N–H and O–H groups in total. The highest BCUT2D eigenvalue weighted by Crippen LogP contribution is 2.19. The number of carboxylic acids is 1. The minimum Gasteiger partial charge on any atom is -0.478 e. The van der Waals surface area contributed by atoms with Crippen LogP contribution in [0.3, 0.4) is 0 Å². The molecule has 6 nitrogen and oxygen atoms in total. The Kier molecular flexibility index (Phi) is 5.23. The van der Waals surface area contributed by atoms with Gasteiger partial charge in [0.25, 0.3) is 0 Å². The Balaban J connectivity index is 2.49. The second kappa shape index (κ2) is 6.51. The van der Waals surface area contributed by atoms with Crippen LogP contribution < -0.4 is 5.32 Å². The molecule has 0 spiro atoms. The highest BCUT2D eigenvalue weighted by Gasteiger charge is 2.28. The third-order valence-corrected chi connectivity index (χ3v) is 2.69. The number of carboxylic acid groups (broad SMARTS) is 1. The van der Waals surface area contributed by atoms with Crippen molar-refractivity contribution >= 4 is 12.0 Å². The van der Waals surface area contributed by atoms with E-state index >= 15 is 0 Å². The van der Waals surface area contributed by atoms with Crippen LogP contribution in [0.5, 0.6) is 0 Å². The fourth-order valence-electron chi connectivity index (χ4n) is 1.54. The van der Waals surface area contributed by atoms with Crippen molar-refractivity contribution in [3.8, 4) is 0 Å². The Labute approximate surface area is 118 Å². The van der Waals surface area contributed by atoms with Crippen LogP contribution in [0.2, 0.25) is 0 Å². The van der Waals surface area contributed by atoms with Gasteiger partial charge in [0.15, 0.2) is 0 Å². The number of furan rings is 1. The molecular formula is C12H15F3N2O4. The molecule has 1 aromatic heterocycles. The molecule has 9 heteroatoms. The minimum atomic E-state index is -4.33. The summed E-state index contributed by atoms with van der Waals surface area (Å²) >= 11 is 0. The average molecular weight is 308 g/mol. The molecule has 1 aromatic rings. The first-order valence-electron chi connectivity index (χ1n) is 5.98. The number of aromatic carboxylic acids is 1. The number of halogens is 3. The summed E-state index contributed by atoms with van der Waals surface area (Å²) in [6, 6.07) is 0.554. The highest BCUT2D eigenvalue weighted by atomic mass is 19.4. The van der Waals surface area contributed by atoms with Gasteiger partial charge in [0.05, 0.1) is 13.0 Å². The van der Waals surface area contributed by atoms with Crippen LogP contribution >= 0.6 is 0 Å². The van der Waals surface area contributed by atoms with E-state index in [-0.39, 0.29) is 23.6 Å². The summed E-state index contributed by atoms with van der Waals surface area (Å²) in [6.07, 6.45) is -5.43. The summed E-state index contributed by atoms with van der Waals surface area (Å²) in [6.45, 7) is 0.889. The lowest BCUT2D eigenvalue weighted by Gasteiger charge is -2.18. The first-order valence-corrected chi connectivity index (χ1v) is 5.98. The molecule has 0 aliphatic heterocycles. The van der Waals surface area contributed by atoms with E-state index in [9.17, 15) is 22.8 Å². The summed E-state index contributed by atoms with van der Waals surface area (Å²) in [7, 11) is 1.23. The van der Waals surface area contributed by atoms with E-state index in [0.29, 0.717) is 0 Å². The van der Waals surface area contributed by atoms with Crippen LogP contribution in [0, 0.1) is 6.92 Å². The summed E-state index contributed by atoms with van der Waals surface area (Å²) in [5, 5.41) is 11.2. The zero-order chi connectivity index (χ0) is 16.2. The van der Waals surface area contributed by atoms with Gasteiger partial charge in [-0.15, -0.1) is 0 Å². The van der Waals surface area contributed by atoms with Crippen molar-refractivity contribution < 1.29 is 32.3 Å². The molecule has 0 aromatic carbocycles. The Bertz CT molecular complexity index is 525. The van der Waals surface area contributed by atoms with Crippen LogP contribution in [0.4, 0.5) is 18.0 Å². The van der Waals surface area contributed by atoms with Gasteiger partial charge in [0.2, 0.25) is 0 Å². The van der Waals surface area contributed by atoms with Gasteiger partial charge < -0.3 is 19.7 Å². The van der Waals surface area contributed by atoms with E-state index in [1.807, 2.05) is 0 Å². The minimum absolute atomic E-state index is 0.0234. The highest BCUT2D eigenvalue weighted by molar-refractivity contribution is 5.88. The lowest BCUT2D eigenvalue weighted by atomic mass is 10.2. The van der Waals surface area contributed by atoms with Crippen LogP contribution in [0.25, 0.3) is 0 Å². The van der Waals surface area contributed by atoms with E-state index < -0.39 is 31.1 Å². The Morgan fingerprint density at radius 1 is 1.43 bits per heavy atom. The zero-order valence-electron chi connectivity index (χ0n) is 11.5. The summed E-state index contributed by atoms with van der Waals surface area (Å²) in [5.74, 6) is -0.754. The summed E-state index contributed by atoms with van der Waals surface area (Å²) in [5.41, 5.74) is -0.0234. The molecule has 0 fully saturated rings. The van der Waals surface area contributed by atoms with Crippen molar-refractivity contribution in [1.29, 1.82) is 0 Å². The molecule has 0 unspecified atom stereocenters. The van der Waals surface area contributed by atoms with Crippen molar-refractivity contribution in [1.82, 2.24) is 10.2 Å². The van der Waals surface area contributed by atoms with Crippen LogP contribution in [0.15, 0.2) is 10.5 Å². The Morgan fingerprint density at radius 3 is 2.52 bits per heavy atom. The van der Waals surface area contributed by atoms with Gasteiger partial charge in [-0.3, -0.25) is 0 Å². The zero-order valence-corrected chi connectivity index (χ0v) is 11.5.